The van der Waals surface area contributed by atoms with Gasteiger partial charge < -0.3 is 10.4 Å². The van der Waals surface area contributed by atoms with E-state index in [2.05, 4.69) is 17.1 Å². The Labute approximate surface area is 104 Å². The molecule has 1 saturated heterocycles. The predicted molar refractivity (Wildman–Crippen MR) is 68.8 cm³/mol. The van der Waals surface area contributed by atoms with Crippen LogP contribution in [0.25, 0.3) is 0 Å². The summed E-state index contributed by atoms with van der Waals surface area (Å²) < 4.78 is 0. The zero-order valence-electron chi connectivity index (χ0n) is 11.3. The van der Waals surface area contributed by atoms with Gasteiger partial charge in [0.1, 0.15) is 0 Å². The van der Waals surface area contributed by atoms with Crippen LogP contribution in [0.15, 0.2) is 0 Å². The van der Waals surface area contributed by atoms with Crippen molar-refractivity contribution >= 4 is 5.91 Å². The van der Waals surface area contributed by atoms with Crippen LogP contribution in [0, 0.1) is 0 Å². The Morgan fingerprint density at radius 1 is 1.47 bits per heavy atom. The van der Waals surface area contributed by atoms with Crippen LogP contribution >= 0.6 is 0 Å². The standard InChI is InChI=1S/C13H26N2O2/c1-4-10(2)14-13(17)11(3)15-8-6-5-7-12(15)9-16/h10-12,16H,4-9H2,1-3H3,(H,14,17). The molecule has 3 unspecified atom stereocenters. The van der Waals surface area contributed by atoms with Gasteiger partial charge >= 0.3 is 0 Å². The van der Waals surface area contributed by atoms with Gasteiger partial charge in [-0.3, -0.25) is 9.69 Å². The van der Waals surface area contributed by atoms with Crippen molar-refractivity contribution in [1.82, 2.24) is 10.2 Å². The number of carbonyl (C=O) groups is 1. The Morgan fingerprint density at radius 3 is 2.76 bits per heavy atom. The van der Waals surface area contributed by atoms with Crippen LogP contribution in [0.2, 0.25) is 0 Å². The minimum absolute atomic E-state index is 0.0831. The summed E-state index contributed by atoms with van der Waals surface area (Å²) in [7, 11) is 0. The number of hydrogen-bond donors (Lipinski definition) is 2. The van der Waals surface area contributed by atoms with Crippen molar-refractivity contribution in [2.75, 3.05) is 13.2 Å². The van der Waals surface area contributed by atoms with Crippen molar-refractivity contribution in [2.45, 2.75) is 64.6 Å². The molecule has 0 aromatic rings. The molecule has 3 atom stereocenters. The fraction of sp³-hybridized carbons (Fsp3) is 0.923. The van der Waals surface area contributed by atoms with E-state index in [0.717, 1.165) is 32.2 Å². The highest BCUT2D eigenvalue weighted by Crippen LogP contribution is 2.19. The zero-order chi connectivity index (χ0) is 12.8. The Hall–Kier alpha value is -0.610. The summed E-state index contributed by atoms with van der Waals surface area (Å²) in [5.41, 5.74) is 0. The van der Waals surface area contributed by atoms with Crippen molar-refractivity contribution in [3.8, 4) is 0 Å². The van der Waals surface area contributed by atoms with E-state index >= 15 is 0 Å². The van der Waals surface area contributed by atoms with Gasteiger partial charge in [-0.2, -0.15) is 0 Å². The number of rotatable bonds is 5. The van der Waals surface area contributed by atoms with E-state index in [0.29, 0.717) is 0 Å². The number of aliphatic hydroxyl groups is 1. The van der Waals surface area contributed by atoms with E-state index in [1.807, 2.05) is 13.8 Å². The van der Waals surface area contributed by atoms with Crippen LogP contribution in [0.4, 0.5) is 0 Å². The molecule has 17 heavy (non-hydrogen) atoms. The summed E-state index contributed by atoms with van der Waals surface area (Å²) in [5, 5.41) is 12.4. The number of likely N-dealkylation sites (tertiary alicyclic amines) is 1. The van der Waals surface area contributed by atoms with Gasteiger partial charge in [-0.05, 0) is 39.7 Å². The quantitative estimate of drug-likeness (QED) is 0.760. The zero-order valence-corrected chi connectivity index (χ0v) is 11.3. The van der Waals surface area contributed by atoms with E-state index in [1.54, 1.807) is 0 Å². The van der Waals surface area contributed by atoms with Crippen LogP contribution in [0.5, 0.6) is 0 Å². The minimum Gasteiger partial charge on any atom is -0.395 e. The minimum atomic E-state index is -0.138. The topological polar surface area (TPSA) is 52.6 Å². The monoisotopic (exact) mass is 242 g/mol. The maximum Gasteiger partial charge on any atom is 0.237 e. The summed E-state index contributed by atoms with van der Waals surface area (Å²) in [4.78, 5) is 14.2. The second-order valence-corrected chi connectivity index (χ2v) is 5.06. The number of aliphatic hydroxyl groups excluding tert-OH is 1. The second-order valence-electron chi connectivity index (χ2n) is 5.06. The van der Waals surface area contributed by atoms with E-state index in [1.165, 1.54) is 0 Å². The lowest BCUT2D eigenvalue weighted by atomic mass is 10.0. The average molecular weight is 242 g/mol. The lowest BCUT2D eigenvalue weighted by Gasteiger charge is -2.38. The molecule has 2 N–H and O–H groups in total. The van der Waals surface area contributed by atoms with Crippen LogP contribution < -0.4 is 5.32 Å². The third-order valence-electron chi connectivity index (χ3n) is 3.76. The van der Waals surface area contributed by atoms with E-state index in [9.17, 15) is 9.90 Å². The van der Waals surface area contributed by atoms with Gasteiger partial charge in [0, 0.05) is 12.1 Å². The largest absolute Gasteiger partial charge is 0.395 e. The van der Waals surface area contributed by atoms with Gasteiger partial charge in [0.25, 0.3) is 0 Å². The Balaban J connectivity index is 2.54. The van der Waals surface area contributed by atoms with E-state index in [4.69, 9.17) is 0 Å². The normalized spacial score (nSPS) is 25.3. The van der Waals surface area contributed by atoms with E-state index < -0.39 is 0 Å². The lowest BCUT2D eigenvalue weighted by Crippen LogP contribution is -2.54. The highest BCUT2D eigenvalue weighted by molar-refractivity contribution is 5.81. The van der Waals surface area contributed by atoms with Crippen molar-refractivity contribution in [1.29, 1.82) is 0 Å². The van der Waals surface area contributed by atoms with Crippen LogP contribution in [0.3, 0.4) is 0 Å². The Kier molecular flexibility index (Phi) is 5.92. The van der Waals surface area contributed by atoms with Crippen molar-refractivity contribution in [3.05, 3.63) is 0 Å². The Bertz CT molecular complexity index is 246. The molecule has 0 spiro atoms. The molecule has 1 amide bonds. The molecule has 0 saturated carbocycles. The van der Waals surface area contributed by atoms with Gasteiger partial charge in [-0.1, -0.05) is 13.3 Å². The molecule has 0 aliphatic carbocycles. The number of amides is 1. The first kappa shape index (κ1) is 14.5. The van der Waals surface area contributed by atoms with Gasteiger partial charge in [-0.15, -0.1) is 0 Å². The van der Waals surface area contributed by atoms with Crippen LogP contribution in [-0.2, 0) is 4.79 Å². The van der Waals surface area contributed by atoms with Gasteiger partial charge in [0.15, 0.2) is 0 Å². The summed E-state index contributed by atoms with van der Waals surface area (Å²) >= 11 is 0. The molecule has 0 aromatic carbocycles. The van der Waals surface area contributed by atoms with Crippen molar-refractivity contribution in [3.63, 3.8) is 0 Å². The van der Waals surface area contributed by atoms with Gasteiger partial charge in [0.05, 0.1) is 12.6 Å². The summed E-state index contributed by atoms with van der Waals surface area (Å²) in [6.45, 7) is 7.09. The first-order valence-corrected chi connectivity index (χ1v) is 6.77. The van der Waals surface area contributed by atoms with Crippen LogP contribution in [-0.4, -0.2) is 47.2 Å². The molecule has 4 nitrogen and oxygen atoms in total. The number of carbonyl (C=O) groups excluding carboxylic acids is 1. The predicted octanol–water partition coefficient (Wildman–Crippen LogP) is 1.14. The smallest absolute Gasteiger partial charge is 0.237 e. The third kappa shape index (κ3) is 3.96. The molecule has 0 bridgehead atoms. The fourth-order valence-corrected chi connectivity index (χ4v) is 2.34. The maximum absolute atomic E-state index is 12.0. The molecule has 1 heterocycles. The molecule has 100 valence electrons. The number of hydrogen-bond acceptors (Lipinski definition) is 3. The maximum atomic E-state index is 12.0. The second kappa shape index (κ2) is 6.97. The van der Waals surface area contributed by atoms with E-state index in [-0.39, 0.29) is 30.6 Å². The summed E-state index contributed by atoms with van der Waals surface area (Å²) in [6, 6.07) is 0.241. The van der Waals surface area contributed by atoms with Crippen LogP contribution in [0.1, 0.15) is 46.5 Å². The first-order valence-electron chi connectivity index (χ1n) is 6.77. The highest BCUT2D eigenvalue weighted by atomic mass is 16.3. The lowest BCUT2D eigenvalue weighted by molar-refractivity contribution is -0.128. The average Bonchev–Trinajstić information content (AvgIpc) is 2.37. The SMILES string of the molecule is CCC(C)NC(=O)C(C)N1CCCCC1CO. The molecule has 0 radical (unpaired) electrons. The molecule has 1 aliphatic heterocycles. The molecule has 4 heteroatoms. The molecular formula is C13H26N2O2. The molecule has 1 fully saturated rings. The first-order chi connectivity index (χ1) is 8.10. The molecular weight excluding hydrogens is 216 g/mol. The number of nitrogens with zero attached hydrogens (tertiary/aromatic N) is 1. The summed E-state index contributed by atoms with van der Waals surface area (Å²) in [6.07, 6.45) is 4.22. The molecule has 0 aromatic heterocycles. The Morgan fingerprint density at radius 2 is 2.18 bits per heavy atom. The summed E-state index contributed by atoms with van der Waals surface area (Å²) in [5.74, 6) is 0.0831. The molecule has 1 rings (SSSR count). The van der Waals surface area contributed by atoms with Crippen molar-refractivity contribution in [2.24, 2.45) is 0 Å². The van der Waals surface area contributed by atoms with Crippen molar-refractivity contribution < 1.29 is 9.90 Å². The number of piperidine rings is 1. The highest BCUT2D eigenvalue weighted by Gasteiger charge is 2.29. The third-order valence-corrected chi connectivity index (χ3v) is 3.76. The van der Waals surface area contributed by atoms with Gasteiger partial charge in [0.2, 0.25) is 5.91 Å². The number of nitrogens with one attached hydrogen (secondary N) is 1. The molecule has 1 aliphatic rings. The fourth-order valence-electron chi connectivity index (χ4n) is 2.34. The van der Waals surface area contributed by atoms with Gasteiger partial charge in [-0.25, -0.2) is 0 Å².